The molecule has 0 radical (unpaired) electrons. The van der Waals surface area contributed by atoms with E-state index in [1.807, 2.05) is 29.2 Å². The Hall–Kier alpha value is -2.63. The zero-order valence-electron chi connectivity index (χ0n) is 18.3. The molecule has 0 bridgehead atoms. The van der Waals surface area contributed by atoms with E-state index in [1.54, 1.807) is 14.2 Å². The molecular weight excluding hydrogens is 455 g/mol. The van der Waals surface area contributed by atoms with Crippen LogP contribution in [0.4, 0.5) is 24.9 Å². The van der Waals surface area contributed by atoms with Crippen LogP contribution in [0.3, 0.4) is 0 Å². The Balaban J connectivity index is 1.66. The van der Waals surface area contributed by atoms with Gasteiger partial charge in [0.2, 0.25) is 5.95 Å². The number of nitrogens with zero attached hydrogens (tertiary/aromatic N) is 3. The topological polar surface area (TPSA) is 96.5 Å². The van der Waals surface area contributed by atoms with Gasteiger partial charge in [-0.2, -0.15) is 18.2 Å². The van der Waals surface area contributed by atoms with Crippen LogP contribution in [0.25, 0.3) is 10.2 Å². The number of rotatable bonds is 7. The summed E-state index contributed by atoms with van der Waals surface area (Å²) in [6.45, 7) is 0.427. The van der Waals surface area contributed by atoms with Gasteiger partial charge in [0.1, 0.15) is 16.4 Å². The number of hydrogen-bond donors (Lipinski definition) is 3. The molecule has 1 aromatic carbocycles. The number of hydrogen-bond acceptors (Lipinski definition) is 8. The highest BCUT2D eigenvalue weighted by atomic mass is 32.1. The summed E-state index contributed by atoms with van der Waals surface area (Å²) < 4.78 is 44.2. The minimum absolute atomic E-state index is 0.138. The molecule has 11 heteroatoms. The first-order valence-electron chi connectivity index (χ1n) is 10.5. The number of nitrogens with two attached hydrogens (primary N) is 1. The van der Waals surface area contributed by atoms with Crippen LogP contribution in [0.2, 0.25) is 0 Å². The van der Waals surface area contributed by atoms with E-state index in [0.29, 0.717) is 41.4 Å². The maximum Gasteiger partial charge on any atom is 0.393 e. The maximum atomic E-state index is 13.0. The summed E-state index contributed by atoms with van der Waals surface area (Å²) in [5.74, 6) is 1.52. The Bertz CT molecular complexity index is 1110. The molecule has 7 nitrogen and oxygen atoms in total. The van der Waals surface area contributed by atoms with Gasteiger partial charge in [-0.05, 0) is 36.6 Å². The van der Waals surface area contributed by atoms with Gasteiger partial charge in [0, 0.05) is 24.5 Å². The molecule has 0 aliphatic heterocycles. The van der Waals surface area contributed by atoms with Gasteiger partial charge in [0.25, 0.3) is 0 Å². The average molecular weight is 482 g/mol. The molecule has 1 aliphatic carbocycles. The number of methoxy groups -OCH3 is 1. The summed E-state index contributed by atoms with van der Waals surface area (Å²) in [5.41, 5.74) is 6.98. The van der Waals surface area contributed by atoms with E-state index in [2.05, 4.69) is 15.3 Å². The zero-order chi connectivity index (χ0) is 23.8. The molecule has 3 aromatic rings. The minimum Gasteiger partial charge on any atom is -0.497 e. The largest absolute Gasteiger partial charge is 0.497 e. The highest BCUT2D eigenvalue weighted by molar-refractivity contribution is 7.18. The van der Waals surface area contributed by atoms with E-state index >= 15 is 0 Å². The fraction of sp³-hybridized carbons (Fsp3) is 0.455. The molecule has 2 aromatic heterocycles. The number of ether oxygens (including phenoxy) is 1. The van der Waals surface area contributed by atoms with Crippen LogP contribution >= 0.6 is 11.3 Å². The Morgan fingerprint density at radius 2 is 1.97 bits per heavy atom. The molecule has 1 fully saturated rings. The first-order valence-corrected chi connectivity index (χ1v) is 11.3. The van der Waals surface area contributed by atoms with E-state index in [1.165, 1.54) is 6.07 Å². The van der Waals surface area contributed by atoms with Gasteiger partial charge in [-0.15, -0.1) is 11.3 Å². The number of halogens is 3. The number of alkyl halides is 3. The maximum absolute atomic E-state index is 13.0. The van der Waals surface area contributed by atoms with Gasteiger partial charge in [-0.1, -0.05) is 12.1 Å². The molecule has 4 rings (SSSR count). The fourth-order valence-electron chi connectivity index (χ4n) is 4.12. The second-order valence-corrected chi connectivity index (χ2v) is 9.39. The number of aliphatic hydroxyl groups excluding tert-OH is 1. The molecule has 0 unspecified atom stereocenters. The van der Waals surface area contributed by atoms with Crippen LogP contribution in [0.1, 0.15) is 23.3 Å². The number of aromatic nitrogens is 2. The molecule has 1 saturated carbocycles. The van der Waals surface area contributed by atoms with Crippen molar-refractivity contribution in [3.05, 3.63) is 40.8 Å². The normalized spacial score (nSPS) is 20.9. The van der Waals surface area contributed by atoms with Crippen LogP contribution in [0.5, 0.6) is 5.75 Å². The van der Waals surface area contributed by atoms with Crippen LogP contribution in [0, 0.1) is 0 Å². The number of aliphatic hydroxyl groups is 1. The smallest absolute Gasteiger partial charge is 0.393 e. The van der Waals surface area contributed by atoms with Crippen LogP contribution in [-0.2, 0) is 13.0 Å². The predicted molar refractivity (Wildman–Crippen MR) is 123 cm³/mol. The van der Waals surface area contributed by atoms with Crippen LogP contribution in [0.15, 0.2) is 30.3 Å². The van der Waals surface area contributed by atoms with E-state index in [0.717, 1.165) is 22.6 Å². The first-order chi connectivity index (χ1) is 15.6. The standard InChI is InChI=1S/C22H26F3N5O2S/c1-30(17-7-13(26)8-18(17)31)19-16-9-15(10-22(23,24)25)33-20(16)29-21(28-19)27-11-12-3-5-14(32-2)6-4-12/h3-6,9,13,17-18,31H,7-8,10-11,26H2,1-2H3,(H,27,28,29)/t13-,17+,18-/m1/s1. The molecule has 0 spiro atoms. The zero-order valence-corrected chi connectivity index (χ0v) is 19.1. The number of thiophene rings is 1. The summed E-state index contributed by atoms with van der Waals surface area (Å²) in [6.07, 6.45) is -4.95. The molecule has 178 valence electrons. The van der Waals surface area contributed by atoms with Gasteiger partial charge >= 0.3 is 6.18 Å². The lowest BCUT2D eigenvalue weighted by Crippen LogP contribution is -2.38. The SMILES string of the molecule is COc1ccc(CNc2nc(N(C)[C@H]3C[C@@H](N)C[C@H]3O)c3cc(CC(F)(F)F)sc3n2)cc1. The lowest BCUT2D eigenvalue weighted by Gasteiger charge is -2.28. The van der Waals surface area contributed by atoms with Crippen molar-refractivity contribution in [2.24, 2.45) is 5.73 Å². The van der Waals surface area contributed by atoms with Crippen molar-refractivity contribution < 1.29 is 23.0 Å². The number of anilines is 2. The summed E-state index contributed by atoms with van der Waals surface area (Å²) in [5, 5.41) is 14.1. The van der Waals surface area contributed by atoms with Crippen molar-refractivity contribution in [2.75, 3.05) is 24.4 Å². The van der Waals surface area contributed by atoms with Crippen molar-refractivity contribution >= 4 is 33.3 Å². The van der Waals surface area contributed by atoms with E-state index < -0.39 is 18.7 Å². The second-order valence-electron chi connectivity index (χ2n) is 8.27. The number of fused-ring (bicyclic) bond motifs is 1. The third-order valence-corrected chi connectivity index (χ3v) is 6.80. The molecule has 33 heavy (non-hydrogen) atoms. The first kappa shape index (κ1) is 23.5. The molecule has 0 saturated heterocycles. The molecular formula is C22H26F3N5O2S. The van der Waals surface area contributed by atoms with Crippen molar-refractivity contribution in [3.8, 4) is 5.75 Å². The highest BCUT2D eigenvalue weighted by Crippen LogP contribution is 2.37. The number of nitrogens with one attached hydrogen (secondary N) is 1. The Morgan fingerprint density at radius 1 is 1.24 bits per heavy atom. The van der Waals surface area contributed by atoms with Gasteiger partial charge in [0.15, 0.2) is 0 Å². The second kappa shape index (κ2) is 9.32. The summed E-state index contributed by atoms with van der Waals surface area (Å²) in [7, 11) is 3.37. The number of benzene rings is 1. The average Bonchev–Trinajstić information content (AvgIpc) is 3.31. The minimum atomic E-state index is -4.32. The molecule has 1 aliphatic rings. The van der Waals surface area contributed by atoms with Gasteiger partial charge in [0.05, 0.1) is 31.1 Å². The fourth-order valence-corrected chi connectivity index (χ4v) is 5.17. The Morgan fingerprint density at radius 3 is 2.58 bits per heavy atom. The van der Waals surface area contributed by atoms with Crippen LogP contribution in [-0.4, -0.2) is 53.6 Å². The van der Waals surface area contributed by atoms with E-state index in [-0.39, 0.29) is 17.0 Å². The van der Waals surface area contributed by atoms with Gasteiger partial charge in [-0.25, -0.2) is 4.98 Å². The van der Waals surface area contributed by atoms with E-state index in [9.17, 15) is 18.3 Å². The lowest BCUT2D eigenvalue weighted by molar-refractivity contribution is -0.126. The van der Waals surface area contributed by atoms with Gasteiger partial charge in [-0.3, -0.25) is 0 Å². The van der Waals surface area contributed by atoms with Gasteiger partial charge < -0.3 is 25.8 Å². The van der Waals surface area contributed by atoms with Crippen molar-refractivity contribution in [1.82, 2.24) is 9.97 Å². The molecule has 0 amide bonds. The summed E-state index contributed by atoms with van der Waals surface area (Å²) in [6, 6.07) is 8.56. The summed E-state index contributed by atoms with van der Waals surface area (Å²) >= 11 is 0.999. The quantitative estimate of drug-likeness (QED) is 0.474. The molecule has 2 heterocycles. The lowest BCUT2D eigenvalue weighted by atomic mass is 10.1. The van der Waals surface area contributed by atoms with E-state index in [4.69, 9.17) is 10.5 Å². The highest BCUT2D eigenvalue weighted by Gasteiger charge is 2.35. The van der Waals surface area contributed by atoms with Crippen LogP contribution < -0.4 is 20.7 Å². The Kier molecular flexibility index (Phi) is 6.64. The third kappa shape index (κ3) is 5.48. The van der Waals surface area contributed by atoms with Crippen molar-refractivity contribution in [2.45, 2.75) is 50.2 Å². The predicted octanol–water partition coefficient (Wildman–Crippen LogP) is 3.70. The monoisotopic (exact) mass is 481 g/mol. The summed E-state index contributed by atoms with van der Waals surface area (Å²) in [4.78, 5) is 11.5. The Labute approximate surface area is 193 Å². The number of likely N-dealkylation sites (N-methyl/N-ethyl adjacent to an activating group) is 1. The third-order valence-electron chi connectivity index (χ3n) is 5.77. The molecule has 3 atom stereocenters. The van der Waals surface area contributed by atoms with Crippen molar-refractivity contribution in [1.29, 1.82) is 0 Å². The van der Waals surface area contributed by atoms with Crippen molar-refractivity contribution in [3.63, 3.8) is 0 Å². The molecule has 4 N–H and O–H groups in total.